The molecule has 1 heterocycles. The van der Waals surface area contributed by atoms with Crippen LogP contribution in [-0.2, 0) is 0 Å². The van der Waals surface area contributed by atoms with E-state index in [0.717, 1.165) is 31.7 Å². The second kappa shape index (κ2) is 5.07. The van der Waals surface area contributed by atoms with Gasteiger partial charge in [-0.1, -0.05) is 42.5 Å². The molecule has 0 aliphatic rings. The standard InChI is InChI=1S/C15H12N2S2/c16-12-8-6-10(7-9-12)13-14(19-15(18)17-13)11-4-2-1-3-5-11/h1-9H,16H2,(H,17,18). The predicted octanol–water partition coefficient (Wildman–Crippen LogP) is 4.35. The van der Waals surface area contributed by atoms with E-state index in [1.165, 1.54) is 0 Å². The van der Waals surface area contributed by atoms with Crippen LogP contribution in [0, 0.1) is 0 Å². The monoisotopic (exact) mass is 284 g/mol. The molecule has 3 aromatic rings. The van der Waals surface area contributed by atoms with Crippen LogP contribution in [0.5, 0.6) is 0 Å². The van der Waals surface area contributed by atoms with Gasteiger partial charge in [0, 0.05) is 11.3 Å². The lowest BCUT2D eigenvalue weighted by molar-refractivity contribution is 1.26. The second-order valence-electron chi connectivity index (χ2n) is 4.16. The lowest BCUT2D eigenvalue weighted by atomic mass is 10.1. The summed E-state index contributed by atoms with van der Waals surface area (Å²) in [7, 11) is 0. The summed E-state index contributed by atoms with van der Waals surface area (Å²) in [5.41, 5.74) is 9.66. The van der Waals surface area contributed by atoms with Gasteiger partial charge in [0.15, 0.2) is 0 Å². The minimum Gasteiger partial charge on any atom is -0.399 e. The molecule has 0 radical (unpaired) electrons. The van der Waals surface area contributed by atoms with Gasteiger partial charge < -0.3 is 5.73 Å². The number of nitrogens with two attached hydrogens (primary N) is 1. The molecule has 0 aliphatic carbocycles. The molecule has 3 rings (SSSR count). The van der Waals surface area contributed by atoms with Crippen molar-refractivity contribution in [3.05, 3.63) is 54.6 Å². The Labute approximate surface area is 121 Å². The van der Waals surface area contributed by atoms with E-state index in [4.69, 9.17) is 5.73 Å². The normalized spacial score (nSPS) is 10.6. The Morgan fingerprint density at radius 1 is 0.895 bits per heavy atom. The fraction of sp³-hybridized carbons (Fsp3) is 0. The van der Waals surface area contributed by atoms with Gasteiger partial charge in [0.05, 0.1) is 10.6 Å². The Hall–Kier alpha value is -1.78. The first-order valence-corrected chi connectivity index (χ1v) is 7.11. The van der Waals surface area contributed by atoms with Crippen molar-refractivity contribution in [2.45, 2.75) is 4.34 Å². The molecule has 2 nitrogen and oxygen atoms in total. The summed E-state index contributed by atoms with van der Waals surface area (Å²) in [5, 5.41) is 0. The minimum atomic E-state index is 0.756. The summed E-state index contributed by atoms with van der Waals surface area (Å²) < 4.78 is 0.769. The number of thiazole rings is 1. The number of thiol groups is 1. The highest BCUT2D eigenvalue weighted by Crippen LogP contribution is 2.38. The highest BCUT2D eigenvalue weighted by molar-refractivity contribution is 7.82. The molecule has 0 atom stereocenters. The zero-order valence-electron chi connectivity index (χ0n) is 10.1. The van der Waals surface area contributed by atoms with Gasteiger partial charge >= 0.3 is 0 Å². The van der Waals surface area contributed by atoms with Gasteiger partial charge in [0.1, 0.15) is 4.34 Å². The molecule has 0 unspecified atom stereocenters. The number of benzene rings is 2. The number of hydrogen-bond donors (Lipinski definition) is 2. The average molecular weight is 284 g/mol. The summed E-state index contributed by atoms with van der Waals surface area (Å²) >= 11 is 5.97. The second-order valence-corrected chi connectivity index (χ2v) is 5.89. The van der Waals surface area contributed by atoms with E-state index in [2.05, 4.69) is 29.7 Å². The maximum atomic E-state index is 5.73. The Balaban J connectivity index is 2.15. The molecular formula is C15H12N2S2. The first kappa shape index (κ1) is 12.3. The van der Waals surface area contributed by atoms with E-state index in [1.54, 1.807) is 11.3 Å². The zero-order valence-corrected chi connectivity index (χ0v) is 11.8. The average Bonchev–Trinajstić information content (AvgIpc) is 2.83. The minimum absolute atomic E-state index is 0.756. The van der Waals surface area contributed by atoms with E-state index >= 15 is 0 Å². The van der Waals surface area contributed by atoms with Crippen molar-refractivity contribution >= 4 is 29.7 Å². The van der Waals surface area contributed by atoms with Crippen LogP contribution in [0.2, 0.25) is 0 Å². The maximum Gasteiger partial charge on any atom is 0.148 e. The molecule has 0 spiro atoms. The summed E-state index contributed by atoms with van der Waals surface area (Å²) in [4.78, 5) is 5.66. The molecule has 1 aromatic heterocycles. The van der Waals surface area contributed by atoms with Crippen molar-refractivity contribution < 1.29 is 0 Å². The van der Waals surface area contributed by atoms with E-state index in [-0.39, 0.29) is 0 Å². The van der Waals surface area contributed by atoms with Crippen LogP contribution in [0.1, 0.15) is 0 Å². The molecule has 0 fully saturated rings. The van der Waals surface area contributed by atoms with Crippen LogP contribution in [0.4, 0.5) is 5.69 Å². The van der Waals surface area contributed by atoms with Crippen molar-refractivity contribution in [2.75, 3.05) is 5.73 Å². The number of nitrogen functional groups attached to an aromatic ring is 1. The van der Waals surface area contributed by atoms with Crippen molar-refractivity contribution in [3.8, 4) is 21.7 Å². The molecule has 0 saturated heterocycles. The topological polar surface area (TPSA) is 38.9 Å². The van der Waals surface area contributed by atoms with Gasteiger partial charge in [-0.25, -0.2) is 4.98 Å². The van der Waals surface area contributed by atoms with Gasteiger partial charge in [-0.3, -0.25) is 0 Å². The quantitative estimate of drug-likeness (QED) is 0.542. The molecule has 2 aromatic carbocycles. The van der Waals surface area contributed by atoms with Crippen LogP contribution in [-0.4, -0.2) is 4.98 Å². The van der Waals surface area contributed by atoms with Crippen LogP contribution in [0.25, 0.3) is 21.7 Å². The number of nitrogens with zero attached hydrogens (tertiary/aromatic N) is 1. The first-order chi connectivity index (χ1) is 9.24. The van der Waals surface area contributed by atoms with Crippen LogP contribution in [0.15, 0.2) is 58.9 Å². The fourth-order valence-corrected chi connectivity index (χ4v) is 3.14. The molecule has 0 amide bonds. The largest absolute Gasteiger partial charge is 0.399 e. The predicted molar refractivity (Wildman–Crippen MR) is 84.7 cm³/mol. The summed E-state index contributed by atoms with van der Waals surface area (Å²) in [6, 6.07) is 18.0. The SMILES string of the molecule is Nc1ccc(-c2nc(S)sc2-c2ccccc2)cc1. The number of aromatic nitrogens is 1. The molecule has 0 bridgehead atoms. The van der Waals surface area contributed by atoms with Gasteiger partial charge in [-0.2, -0.15) is 0 Å². The van der Waals surface area contributed by atoms with Gasteiger partial charge in [0.25, 0.3) is 0 Å². The number of anilines is 1. The van der Waals surface area contributed by atoms with Gasteiger partial charge in [0.2, 0.25) is 0 Å². The van der Waals surface area contributed by atoms with Crippen LogP contribution < -0.4 is 5.73 Å². The maximum absolute atomic E-state index is 5.73. The fourth-order valence-electron chi connectivity index (χ4n) is 1.93. The molecule has 19 heavy (non-hydrogen) atoms. The molecule has 2 N–H and O–H groups in total. The Bertz CT molecular complexity index is 688. The Morgan fingerprint density at radius 3 is 2.26 bits per heavy atom. The highest BCUT2D eigenvalue weighted by atomic mass is 32.2. The highest BCUT2D eigenvalue weighted by Gasteiger charge is 2.13. The molecule has 0 saturated carbocycles. The third kappa shape index (κ3) is 2.50. The van der Waals surface area contributed by atoms with Crippen molar-refractivity contribution in [2.24, 2.45) is 0 Å². The van der Waals surface area contributed by atoms with Crippen molar-refractivity contribution in [1.82, 2.24) is 4.98 Å². The first-order valence-electron chi connectivity index (χ1n) is 5.85. The Morgan fingerprint density at radius 2 is 1.58 bits per heavy atom. The molecular weight excluding hydrogens is 272 g/mol. The van der Waals surface area contributed by atoms with Crippen LogP contribution in [0.3, 0.4) is 0 Å². The third-order valence-electron chi connectivity index (χ3n) is 2.84. The third-order valence-corrected chi connectivity index (χ3v) is 4.12. The summed E-state index contributed by atoms with van der Waals surface area (Å²) in [6.45, 7) is 0. The number of hydrogen-bond acceptors (Lipinski definition) is 4. The lowest BCUT2D eigenvalue weighted by Crippen LogP contribution is -1.85. The molecule has 0 aliphatic heterocycles. The van der Waals surface area contributed by atoms with E-state index < -0.39 is 0 Å². The molecule has 4 heteroatoms. The van der Waals surface area contributed by atoms with Gasteiger partial charge in [-0.15, -0.1) is 24.0 Å². The van der Waals surface area contributed by atoms with Crippen molar-refractivity contribution in [3.63, 3.8) is 0 Å². The van der Waals surface area contributed by atoms with E-state index in [9.17, 15) is 0 Å². The van der Waals surface area contributed by atoms with Crippen LogP contribution >= 0.6 is 24.0 Å². The lowest BCUT2D eigenvalue weighted by Gasteiger charge is -2.03. The molecule has 94 valence electrons. The summed E-state index contributed by atoms with van der Waals surface area (Å²) in [6.07, 6.45) is 0. The zero-order chi connectivity index (χ0) is 13.2. The van der Waals surface area contributed by atoms with E-state index in [0.29, 0.717) is 0 Å². The number of rotatable bonds is 2. The Kier molecular flexibility index (Phi) is 3.27. The van der Waals surface area contributed by atoms with Gasteiger partial charge in [-0.05, 0) is 17.7 Å². The van der Waals surface area contributed by atoms with E-state index in [1.807, 2.05) is 42.5 Å². The smallest absolute Gasteiger partial charge is 0.148 e. The summed E-state index contributed by atoms with van der Waals surface area (Å²) in [5.74, 6) is 0. The van der Waals surface area contributed by atoms with Crippen molar-refractivity contribution in [1.29, 1.82) is 0 Å².